The third-order valence-corrected chi connectivity index (χ3v) is 5.49. The summed E-state index contributed by atoms with van der Waals surface area (Å²) in [6, 6.07) is 22.3. The molecule has 0 aliphatic heterocycles. The summed E-state index contributed by atoms with van der Waals surface area (Å²) < 4.78 is 18.0. The van der Waals surface area contributed by atoms with Crippen LogP contribution in [-0.4, -0.2) is 24.9 Å². The largest absolute Gasteiger partial charge is 0.497 e. The van der Waals surface area contributed by atoms with Gasteiger partial charge in [-0.05, 0) is 62.4 Å². The molecule has 0 bridgehead atoms. The second-order valence-electron chi connectivity index (χ2n) is 7.95. The number of carbonyl (C=O) groups excluding carboxylic acids is 1. The molecule has 1 aromatic heterocycles. The number of hydrogen-bond acceptors (Lipinski definition) is 5. The van der Waals surface area contributed by atoms with Gasteiger partial charge in [0.1, 0.15) is 23.3 Å². The highest BCUT2D eigenvalue weighted by Crippen LogP contribution is 2.38. The number of nitriles is 1. The predicted molar refractivity (Wildman–Crippen MR) is 132 cm³/mol. The minimum Gasteiger partial charge on any atom is -0.497 e. The Balaban J connectivity index is 1.69. The standard InChI is InChI=1S/C27H25N3O4/c1-17(2)30-25-15-22(33-4)12-13-23(25)24(16-28)26(30)18-6-5-7-19(14-18)29-27(31)34-21-10-8-20(32-3)9-11-21/h5-15,17H,1-4H3,(H,29,31). The van der Waals surface area contributed by atoms with Gasteiger partial charge >= 0.3 is 6.09 Å². The van der Waals surface area contributed by atoms with Crippen LogP contribution in [0.1, 0.15) is 25.5 Å². The fourth-order valence-electron chi connectivity index (χ4n) is 3.99. The van der Waals surface area contributed by atoms with E-state index in [1.807, 2.05) is 36.4 Å². The molecule has 0 fully saturated rings. The molecule has 0 spiro atoms. The second kappa shape index (κ2) is 9.59. The minimum atomic E-state index is -0.614. The third-order valence-electron chi connectivity index (χ3n) is 5.49. The molecule has 0 unspecified atom stereocenters. The van der Waals surface area contributed by atoms with Crippen LogP contribution in [0.5, 0.6) is 17.2 Å². The van der Waals surface area contributed by atoms with E-state index in [1.54, 1.807) is 44.6 Å². The van der Waals surface area contributed by atoms with Gasteiger partial charge in [-0.25, -0.2) is 4.79 Å². The number of rotatable bonds is 6. The summed E-state index contributed by atoms with van der Waals surface area (Å²) >= 11 is 0. The number of carbonyl (C=O) groups is 1. The average Bonchev–Trinajstić information content (AvgIpc) is 3.18. The molecule has 0 saturated heterocycles. The molecule has 4 aromatic rings. The van der Waals surface area contributed by atoms with Crippen molar-refractivity contribution in [1.82, 2.24) is 4.57 Å². The van der Waals surface area contributed by atoms with Crippen molar-refractivity contribution in [2.75, 3.05) is 19.5 Å². The van der Waals surface area contributed by atoms with Gasteiger partial charge in [0.05, 0.1) is 31.0 Å². The van der Waals surface area contributed by atoms with Crippen LogP contribution in [0.15, 0.2) is 66.7 Å². The van der Waals surface area contributed by atoms with Crippen LogP contribution in [0.4, 0.5) is 10.5 Å². The first-order valence-corrected chi connectivity index (χ1v) is 10.8. The number of benzene rings is 3. The zero-order valence-electron chi connectivity index (χ0n) is 19.5. The van der Waals surface area contributed by atoms with Crippen LogP contribution < -0.4 is 19.5 Å². The number of aromatic nitrogens is 1. The lowest BCUT2D eigenvalue weighted by molar-refractivity contribution is 0.215. The van der Waals surface area contributed by atoms with Crippen molar-refractivity contribution >= 4 is 22.7 Å². The van der Waals surface area contributed by atoms with Crippen molar-refractivity contribution in [3.05, 3.63) is 72.3 Å². The highest BCUT2D eigenvalue weighted by molar-refractivity contribution is 5.96. The molecule has 7 heteroatoms. The van der Waals surface area contributed by atoms with Crippen molar-refractivity contribution < 1.29 is 19.0 Å². The maximum atomic E-state index is 12.5. The fourth-order valence-corrected chi connectivity index (χ4v) is 3.99. The van der Waals surface area contributed by atoms with Crippen molar-refractivity contribution in [1.29, 1.82) is 5.26 Å². The molecular formula is C27H25N3O4. The van der Waals surface area contributed by atoms with Gasteiger partial charge in [-0.15, -0.1) is 0 Å². The van der Waals surface area contributed by atoms with Crippen molar-refractivity contribution in [3.63, 3.8) is 0 Å². The molecule has 0 atom stereocenters. The SMILES string of the molecule is COc1ccc(OC(=O)Nc2cccc(-c3c(C#N)c4ccc(OC)cc4n3C(C)C)c2)cc1. The molecule has 1 heterocycles. The van der Waals surface area contributed by atoms with Gasteiger partial charge in [0, 0.05) is 28.7 Å². The molecule has 172 valence electrons. The highest BCUT2D eigenvalue weighted by Gasteiger charge is 2.21. The number of fused-ring (bicyclic) bond motifs is 1. The lowest BCUT2D eigenvalue weighted by Crippen LogP contribution is -2.16. The minimum absolute atomic E-state index is 0.0864. The van der Waals surface area contributed by atoms with E-state index in [9.17, 15) is 10.1 Å². The van der Waals surface area contributed by atoms with E-state index in [-0.39, 0.29) is 6.04 Å². The molecule has 3 aromatic carbocycles. The Hall–Kier alpha value is -4.44. The van der Waals surface area contributed by atoms with Crippen molar-refractivity contribution in [2.24, 2.45) is 0 Å². The highest BCUT2D eigenvalue weighted by atomic mass is 16.6. The Morgan fingerprint density at radius 1 is 0.941 bits per heavy atom. The van der Waals surface area contributed by atoms with Gasteiger partial charge < -0.3 is 18.8 Å². The maximum Gasteiger partial charge on any atom is 0.417 e. The average molecular weight is 456 g/mol. The summed E-state index contributed by atoms with van der Waals surface area (Å²) in [5.41, 5.74) is 3.64. The van der Waals surface area contributed by atoms with E-state index in [4.69, 9.17) is 14.2 Å². The number of anilines is 1. The van der Waals surface area contributed by atoms with Crippen molar-refractivity contribution in [2.45, 2.75) is 19.9 Å². The Labute approximate surface area is 198 Å². The normalized spacial score (nSPS) is 10.7. The zero-order valence-corrected chi connectivity index (χ0v) is 19.5. The van der Waals surface area contributed by atoms with Gasteiger partial charge in [0.25, 0.3) is 0 Å². The first-order valence-electron chi connectivity index (χ1n) is 10.8. The quantitative estimate of drug-likeness (QED) is 0.364. The van der Waals surface area contributed by atoms with E-state index >= 15 is 0 Å². The molecule has 7 nitrogen and oxygen atoms in total. The fraction of sp³-hybridized carbons (Fsp3) is 0.185. The molecule has 4 rings (SSSR count). The van der Waals surface area contributed by atoms with E-state index in [1.165, 1.54) is 0 Å². The first-order chi connectivity index (χ1) is 16.4. The van der Waals surface area contributed by atoms with Gasteiger partial charge in [-0.2, -0.15) is 5.26 Å². The zero-order chi connectivity index (χ0) is 24.2. The maximum absolute atomic E-state index is 12.5. The molecule has 0 saturated carbocycles. The van der Waals surface area contributed by atoms with Gasteiger partial charge in [0.2, 0.25) is 0 Å². The summed E-state index contributed by atoms with van der Waals surface area (Å²) in [6.07, 6.45) is -0.614. The van der Waals surface area contributed by atoms with Crippen LogP contribution in [0.2, 0.25) is 0 Å². The third kappa shape index (κ3) is 4.39. The topological polar surface area (TPSA) is 85.5 Å². The monoisotopic (exact) mass is 455 g/mol. The van der Waals surface area contributed by atoms with Crippen LogP contribution >= 0.6 is 0 Å². The van der Waals surface area contributed by atoms with Gasteiger partial charge in [0.15, 0.2) is 0 Å². The molecule has 0 radical (unpaired) electrons. The lowest BCUT2D eigenvalue weighted by Gasteiger charge is -2.16. The summed E-state index contributed by atoms with van der Waals surface area (Å²) in [4.78, 5) is 12.5. The number of amides is 1. The van der Waals surface area contributed by atoms with Gasteiger partial charge in [-0.1, -0.05) is 12.1 Å². The number of ether oxygens (including phenoxy) is 3. The van der Waals surface area contributed by atoms with Crippen LogP contribution in [0.3, 0.4) is 0 Å². The van der Waals surface area contributed by atoms with E-state index < -0.39 is 6.09 Å². The molecule has 1 N–H and O–H groups in total. The summed E-state index contributed by atoms with van der Waals surface area (Å²) in [5.74, 6) is 1.79. The summed E-state index contributed by atoms with van der Waals surface area (Å²) in [7, 11) is 3.19. The van der Waals surface area contributed by atoms with E-state index in [0.717, 1.165) is 27.9 Å². The Kier molecular flexibility index (Phi) is 6.42. The Morgan fingerprint density at radius 3 is 2.26 bits per heavy atom. The Bertz CT molecular complexity index is 1380. The van der Waals surface area contributed by atoms with Crippen LogP contribution in [0.25, 0.3) is 22.2 Å². The molecular weight excluding hydrogens is 430 g/mol. The van der Waals surface area contributed by atoms with E-state index in [0.29, 0.717) is 22.7 Å². The summed E-state index contributed by atoms with van der Waals surface area (Å²) in [6.45, 7) is 4.13. The predicted octanol–water partition coefficient (Wildman–Crippen LogP) is 6.39. The number of methoxy groups -OCH3 is 2. The molecule has 34 heavy (non-hydrogen) atoms. The molecule has 1 amide bonds. The number of hydrogen-bond donors (Lipinski definition) is 1. The molecule has 0 aliphatic rings. The molecule has 0 aliphatic carbocycles. The van der Waals surface area contributed by atoms with Crippen LogP contribution in [0, 0.1) is 11.3 Å². The Morgan fingerprint density at radius 2 is 1.62 bits per heavy atom. The number of nitrogens with one attached hydrogen (secondary N) is 1. The van der Waals surface area contributed by atoms with Crippen LogP contribution in [-0.2, 0) is 0 Å². The van der Waals surface area contributed by atoms with Crippen molar-refractivity contribution in [3.8, 4) is 34.6 Å². The van der Waals surface area contributed by atoms with E-state index in [2.05, 4.69) is 29.8 Å². The first kappa shape index (κ1) is 22.7. The summed E-state index contributed by atoms with van der Waals surface area (Å²) in [5, 5.41) is 13.6. The second-order valence-corrected chi connectivity index (χ2v) is 7.95. The smallest absolute Gasteiger partial charge is 0.417 e. The lowest BCUT2D eigenvalue weighted by atomic mass is 10.1. The van der Waals surface area contributed by atoms with Gasteiger partial charge in [-0.3, -0.25) is 5.32 Å². The number of nitrogens with zero attached hydrogens (tertiary/aromatic N) is 2.